The van der Waals surface area contributed by atoms with E-state index in [2.05, 4.69) is 5.32 Å². The second kappa shape index (κ2) is 7.31. The monoisotopic (exact) mass is 407 g/mol. The number of amides is 1. The maximum absolute atomic E-state index is 11.1. The minimum atomic E-state index is -3.27. The predicted octanol–water partition coefficient (Wildman–Crippen LogP) is -2.75. The Morgan fingerprint density at radius 3 is 2.58 bits per heavy atom. The number of quaternary nitrogens is 1. The first kappa shape index (κ1) is 4.61. The van der Waals surface area contributed by atoms with E-state index < -0.39 is 37.9 Å². The van der Waals surface area contributed by atoms with E-state index in [-0.39, 0.29) is 34.9 Å². The Kier molecular flexibility index (Phi) is 2.81. The van der Waals surface area contributed by atoms with E-state index in [0.29, 0.717) is 0 Å². The average molecular weight is 407 g/mol. The zero-order valence-electron chi connectivity index (χ0n) is 15.2. The molecule has 0 fully saturated rings. The molecule has 0 rings (SSSR count). The van der Waals surface area contributed by atoms with Crippen molar-refractivity contribution < 1.29 is 45.6 Å². The smallest absolute Gasteiger partial charge is 0.230 e. The second-order valence-electron chi connectivity index (χ2n) is 2.02. The molecule has 1 N–H and O–H groups in total. The number of hydrogen-bond donors (Lipinski definition) is 1. The van der Waals surface area contributed by atoms with Gasteiger partial charge < -0.3 is 33.8 Å². The fourth-order valence-electron chi connectivity index (χ4n) is 0.410. The Hall–Kier alpha value is 0.890. The number of halogens is 2. The lowest BCUT2D eigenvalue weighted by Crippen LogP contribution is -3.00. The molecule has 0 aromatic carbocycles. The van der Waals surface area contributed by atoms with Gasteiger partial charge in [-0.15, -0.1) is 0 Å². The molecule has 0 aromatic heterocycles. The van der Waals surface area contributed by atoms with Crippen LogP contribution in [0.1, 0.15) is 12.3 Å². The molecule has 0 unspecified atom stereocenters. The van der Waals surface area contributed by atoms with E-state index in [1.807, 2.05) is 0 Å². The van der Waals surface area contributed by atoms with Crippen molar-refractivity contribution in [2.75, 3.05) is 38.4 Å². The number of rotatable bonds is 4. The minimum absolute atomic E-state index is 0. The van der Waals surface area contributed by atoms with Crippen molar-refractivity contribution in [3.05, 3.63) is 0 Å². The van der Waals surface area contributed by atoms with Gasteiger partial charge in [-0.1, -0.05) is 22.6 Å². The van der Waals surface area contributed by atoms with Gasteiger partial charge >= 0.3 is 0 Å². The first-order valence-corrected chi connectivity index (χ1v) is 4.44. The maximum atomic E-state index is 11.1. The third kappa shape index (κ3) is 10.9. The molecule has 12 heavy (non-hydrogen) atoms. The van der Waals surface area contributed by atoms with E-state index in [0.717, 1.165) is 0 Å². The molecule has 0 bridgehead atoms. The summed E-state index contributed by atoms with van der Waals surface area (Å²) in [5.74, 6) is -0.426. The highest BCUT2D eigenvalue weighted by Gasteiger charge is 2.06. The molecule has 3 nitrogen and oxygen atoms in total. The van der Waals surface area contributed by atoms with Crippen LogP contribution in [0.3, 0.4) is 0 Å². The van der Waals surface area contributed by atoms with Crippen molar-refractivity contribution in [3.63, 3.8) is 0 Å². The van der Waals surface area contributed by atoms with Crippen LogP contribution in [0.5, 0.6) is 0 Å². The maximum Gasteiger partial charge on any atom is 0.230 e. The quantitative estimate of drug-likeness (QED) is 0.306. The summed E-state index contributed by atoms with van der Waals surface area (Å²) >= 11 is 1.77. The number of carbonyl (C=O) groups is 1. The predicted molar refractivity (Wildman–Crippen MR) is 54.8 cm³/mol. The summed E-state index contributed by atoms with van der Waals surface area (Å²) < 4.78 is 64.2. The summed E-state index contributed by atoms with van der Waals surface area (Å²) in [5.41, 5.74) is 0. The van der Waals surface area contributed by atoms with Crippen molar-refractivity contribution in [1.82, 2.24) is 5.32 Å². The largest absolute Gasteiger partial charge is 1.00 e. The molecular formula is C7H16I2N2O. The molecule has 0 aliphatic heterocycles. The van der Waals surface area contributed by atoms with Crippen molar-refractivity contribution in [3.8, 4) is 0 Å². The molecule has 0 heterocycles. The molecule has 0 radical (unpaired) electrons. The van der Waals surface area contributed by atoms with Crippen LogP contribution >= 0.6 is 22.6 Å². The number of nitrogens with one attached hydrogen (secondary N) is 1. The van der Waals surface area contributed by atoms with Crippen LogP contribution in [0, 0.1) is 0 Å². The summed E-state index contributed by atoms with van der Waals surface area (Å²) in [6.07, 6.45) is 0. The second-order valence-corrected chi connectivity index (χ2v) is 2.78. The van der Waals surface area contributed by atoms with E-state index in [4.69, 9.17) is 12.3 Å². The molecular weight excluding hydrogens is 382 g/mol. The summed E-state index contributed by atoms with van der Waals surface area (Å²) in [6.45, 7) is -10.9. The van der Waals surface area contributed by atoms with Gasteiger partial charge in [-0.2, -0.15) is 0 Å². The highest BCUT2D eigenvalue weighted by atomic mass is 127. The number of nitrogens with zero attached hydrogens (tertiary/aromatic N) is 1. The molecule has 1 amide bonds. The fourth-order valence-corrected chi connectivity index (χ4v) is 0.680. The van der Waals surface area contributed by atoms with E-state index in [9.17, 15) is 4.79 Å². The van der Waals surface area contributed by atoms with Crippen LogP contribution in [0.4, 0.5) is 0 Å². The minimum Gasteiger partial charge on any atom is -1.00 e. The SMILES string of the molecule is [2H]C([2H])([2H])[N+](CCNC(=O)CI)(C([2H])([2H])[2H])C([2H])([2H])[2H].[I-]. The van der Waals surface area contributed by atoms with E-state index in [1.54, 1.807) is 22.6 Å². The molecule has 0 saturated carbocycles. The molecule has 0 aliphatic carbocycles. The lowest BCUT2D eigenvalue weighted by Gasteiger charge is -2.23. The summed E-state index contributed by atoms with van der Waals surface area (Å²) in [5, 5.41) is 2.29. The number of alkyl halides is 1. The topological polar surface area (TPSA) is 29.1 Å². The van der Waals surface area contributed by atoms with Crippen LogP contribution in [-0.2, 0) is 4.79 Å². The summed E-state index contributed by atoms with van der Waals surface area (Å²) in [4.78, 5) is 11.1. The highest BCUT2D eigenvalue weighted by Crippen LogP contribution is 1.87. The molecule has 0 atom stereocenters. The lowest BCUT2D eigenvalue weighted by atomic mass is 10.5. The lowest BCUT2D eigenvalue weighted by molar-refractivity contribution is -0.869. The molecule has 0 saturated heterocycles. The number of carbonyl (C=O) groups excluding carboxylic acids is 1. The van der Waals surface area contributed by atoms with Gasteiger partial charge in [0.05, 0.1) is 50.8 Å². The third-order valence-electron chi connectivity index (χ3n) is 0.891. The first-order valence-electron chi connectivity index (χ1n) is 7.42. The molecule has 74 valence electrons. The van der Waals surface area contributed by atoms with Crippen LogP contribution in [-0.4, -0.2) is 48.8 Å². The fraction of sp³-hybridized carbons (Fsp3) is 0.857. The summed E-state index contributed by atoms with van der Waals surface area (Å²) in [7, 11) is 0. The van der Waals surface area contributed by atoms with Crippen LogP contribution in [0.2, 0.25) is 0 Å². The van der Waals surface area contributed by atoms with Crippen molar-refractivity contribution >= 4 is 28.5 Å². The Morgan fingerprint density at radius 2 is 2.17 bits per heavy atom. The Bertz CT molecular complexity index is 315. The Balaban J connectivity index is 0. The number of hydrogen-bond acceptors (Lipinski definition) is 1. The van der Waals surface area contributed by atoms with Crippen LogP contribution in [0.15, 0.2) is 0 Å². The van der Waals surface area contributed by atoms with Crippen LogP contribution < -0.4 is 29.3 Å². The molecule has 0 aromatic rings. The van der Waals surface area contributed by atoms with Gasteiger partial charge in [-0.05, 0) is 0 Å². The standard InChI is InChI=1S/C7H15IN2O.HI/c1-10(2,3)5-4-9-7(11)6-8;/h4-6H2,1-3H3;1H/i1D3,2D3,3D3;. The van der Waals surface area contributed by atoms with Gasteiger partial charge in [0, 0.05) is 0 Å². The normalized spacial score (nSPS) is 24.6. The molecule has 5 heteroatoms. The van der Waals surface area contributed by atoms with Gasteiger partial charge in [0.25, 0.3) is 0 Å². The van der Waals surface area contributed by atoms with Gasteiger partial charge in [-0.3, -0.25) is 4.79 Å². The number of likely N-dealkylation sites (N-methyl/N-ethyl adjacent to an activating group) is 1. The third-order valence-corrected chi connectivity index (χ3v) is 1.58. The average Bonchev–Trinajstić information content (AvgIpc) is 2.17. The van der Waals surface area contributed by atoms with Crippen molar-refractivity contribution in [1.29, 1.82) is 0 Å². The zero-order chi connectivity index (χ0) is 16.4. The van der Waals surface area contributed by atoms with Crippen molar-refractivity contribution in [2.45, 2.75) is 0 Å². The Labute approximate surface area is 118 Å². The van der Waals surface area contributed by atoms with Crippen LogP contribution in [0.25, 0.3) is 0 Å². The van der Waals surface area contributed by atoms with Gasteiger partial charge in [0.1, 0.15) is 0 Å². The van der Waals surface area contributed by atoms with Crippen molar-refractivity contribution in [2.24, 2.45) is 0 Å². The van der Waals surface area contributed by atoms with Gasteiger partial charge in [-0.25, -0.2) is 0 Å². The molecule has 0 spiro atoms. The van der Waals surface area contributed by atoms with E-state index in [1.165, 1.54) is 0 Å². The van der Waals surface area contributed by atoms with E-state index >= 15 is 0 Å². The Morgan fingerprint density at radius 1 is 1.58 bits per heavy atom. The highest BCUT2D eigenvalue weighted by molar-refractivity contribution is 14.1. The zero-order valence-corrected chi connectivity index (χ0v) is 10.5. The van der Waals surface area contributed by atoms with Gasteiger partial charge in [0.2, 0.25) is 5.91 Å². The molecule has 0 aliphatic rings. The first-order chi connectivity index (χ1) is 8.70. The van der Waals surface area contributed by atoms with Gasteiger partial charge in [0.15, 0.2) is 0 Å². The summed E-state index contributed by atoms with van der Waals surface area (Å²) in [6, 6.07) is 0.